The lowest BCUT2D eigenvalue weighted by Gasteiger charge is -2.24. The first-order valence-electron chi connectivity index (χ1n) is 3.83. The van der Waals surface area contributed by atoms with Crippen molar-refractivity contribution < 1.29 is 9.28 Å². The van der Waals surface area contributed by atoms with Crippen molar-refractivity contribution in [1.29, 1.82) is 0 Å². The van der Waals surface area contributed by atoms with Gasteiger partial charge in [0.25, 0.3) is 5.91 Å². The first-order chi connectivity index (χ1) is 5.25. The van der Waals surface area contributed by atoms with E-state index in [9.17, 15) is 9.28 Å². The van der Waals surface area contributed by atoms with Gasteiger partial charge in [0.15, 0.2) is 0 Å². The van der Waals surface area contributed by atoms with Crippen LogP contribution in [0.5, 0.6) is 0 Å². The van der Waals surface area contributed by atoms with Crippen LogP contribution in [0.15, 0.2) is 12.7 Å². The Bertz CT molecular complexity index is 169. The van der Waals surface area contributed by atoms with Gasteiger partial charge in [-0.25, -0.2) is 0 Å². The zero-order valence-corrected chi connectivity index (χ0v) is 6.42. The number of halogens is 1. The van der Waals surface area contributed by atoms with Gasteiger partial charge in [0.1, 0.15) is 0 Å². The Balaban J connectivity index is 2.51. The minimum atomic E-state index is -0.379. The van der Waals surface area contributed by atoms with E-state index in [-0.39, 0.29) is 18.4 Å². The van der Waals surface area contributed by atoms with E-state index in [2.05, 4.69) is 6.58 Å². The number of nitrogens with zero attached hydrogens (tertiary/aromatic N) is 1. The second-order valence-corrected chi connectivity index (χ2v) is 2.79. The van der Waals surface area contributed by atoms with Crippen molar-refractivity contribution >= 4 is 5.91 Å². The predicted molar refractivity (Wildman–Crippen MR) is 40.4 cm³/mol. The summed E-state index contributed by atoms with van der Waals surface area (Å²) < 4.78 is 12.6. The van der Waals surface area contributed by atoms with Crippen molar-refractivity contribution in [1.82, 2.24) is 5.12 Å². The van der Waals surface area contributed by atoms with Gasteiger partial charge >= 0.3 is 0 Å². The molecule has 11 heavy (non-hydrogen) atoms. The third-order valence-corrected chi connectivity index (χ3v) is 1.95. The topological polar surface area (TPSA) is 20.3 Å². The zero-order chi connectivity index (χ0) is 8.27. The maximum absolute atomic E-state index is 12.6. The van der Waals surface area contributed by atoms with Gasteiger partial charge in [-0.1, -0.05) is 10.6 Å². The average Bonchev–Trinajstić information content (AvgIpc) is 1.99. The summed E-state index contributed by atoms with van der Waals surface area (Å²) in [5, 5.41) is 0.317. The third kappa shape index (κ3) is 1.79. The van der Waals surface area contributed by atoms with Crippen LogP contribution in [0.4, 0.5) is 4.48 Å². The molecule has 1 atom stereocenters. The molecule has 0 aliphatic carbocycles. The highest BCUT2D eigenvalue weighted by molar-refractivity contribution is 5.78. The smallest absolute Gasteiger partial charge is 0.253 e. The van der Waals surface area contributed by atoms with Crippen molar-refractivity contribution in [2.24, 2.45) is 5.92 Å². The van der Waals surface area contributed by atoms with Crippen LogP contribution in [0.1, 0.15) is 19.3 Å². The molecule has 0 saturated carbocycles. The fraction of sp³-hybridized carbons (Fsp3) is 0.625. The summed E-state index contributed by atoms with van der Waals surface area (Å²) in [5.74, 6) is -0.539. The first-order valence-corrected chi connectivity index (χ1v) is 3.83. The molecular formula is C8H12FNO. The van der Waals surface area contributed by atoms with Crippen molar-refractivity contribution in [2.75, 3.05) is 6.54 Å². The highest BCUT2D eigenvalue weighted by atomic mass is 19.2. The standard InChI is InChI=1S/C8H12FNO/c1-2-4-7-5-3-6-10(9)8(7)11/h2,7H,1,3-6H2. The largest absolute Gasteiger partial charge is 0.272 e. The Kier molecular flexibility index (Phi) is 2.63. The van der Waals surface area contributed by atoms with Gasteiger partial charge in [0.2, 0.25) is 0 Å². The van der Waals surface area contributed by atoms with E-state index in [0.29, 0.717) is 11.5 Å². The summed E-state index contributed by atoms with van der Waals surface area (Å²) in [5.41, 5.74) is 0. The summed E-state index contributed by atoms with van der Waals surface area (Å²) in [6.07, 6.45) is 3.83. The van der Waals surface area contributed by atoms with Crippen LogP contribution in [0, 0.1) is 5.92 Å². The molecule has 0 spiro atoms. The molecule has 1 rings (SSSR count). The van der Waals surface area contributed by atoms with Gasteiger partial charge in [-0.15, -0.1) is 6.58 Å². The maximum atomic E-state index is 12.6. The molecule has 1 aliphatic heterocycles. The summed E-state index contributed by atoms with van der Waals surface area (Å²) in [6.45, 7) is 3.78. The minimum Gasteiger partial charge on any atom is -0.272 e. The van der Waals surface area contributed by atoms with Crippen LogP contribution in [0.3, 0.4) is 0 Å². The van der Waals surface area contributed by atoms with Crippen LogP contribution >= 0.6 is 0 Å². The van der Waals surface area contributed by atoms with Crippen molar-refractivity contribution in [3.05, 3.63) is 12.7 Å². The maximum Gasteiger partial charge on any atom is 0.253 e. The van der Waals surface area contributed by atoms with E-state index in [1.165, 1.54) is 0 Å². The van der Waals surface area contributed by atoms with Gasteiger partial charge in [0.05, 0.1) is 6.54 Å². The molecule has 1 aliphatic rings. The molecule has 0 bridgehead atoms. The Morgan fingerprint density at radius 1 is 1.82 bits per heavy atom. The summed E-state index contributed by atoms with van der Waals surface area (Å²) >= 11 is 0. The number of piperidine rings is 1. The fourth-order valence-corrected chi connectivity index (χ4v) is 1.33. The fourth-order valence-electron chi connectivity index (χ4n) is 1.33. The predicted octanol–water partition coefficient (Wildman–Crippen LogP) is 1.69. The Morgan fingerprint density at radius 2 is 2.55 bits per heavy atom. The summed E-state index contributed by atoms with van der Waals surface area (Å²) in [6, 6.07) is 0. The molecule has 0 aromatic rings. The molecule has 0 aromatic heterocycles. The normalized spacial score (nSPS) is 25.4. The molecule has 0 N–H and O–H groups in total. The van der Waals surface area contributed by atoms with E-state index in [0.717, 1.165) is 12.8 Å². The van der Waals surface area contributed by atoms with E-state index >= 15 is 0 Å². The van der Waals surface area contributed by atoms with Gasteiger partial charge in [-0.3, -0.25) is 4.79 Å². The summed E-state index contributed by atoms with van der Waals surface area (Å²) in [4.78, 5) is 11.0. The van der Waals surface area contributed by atoms with Gasteiger partial charge < -0.3 is 0 Å². The lowest BCUT2D eigenvalue weighted by atomic mass is 9.95. The molecule has 3 heteroatoms. The first kappa shape index (κ1) is 8.24. The number of rotatable bonds is 2. The van der Waals surface area contributed by atoms with Crippen molar-refractivity contribution in [2.45, 2.75) is 19.3 Å². The van der Waals surface area contributed by atoms with Crippen LogP contribution in [-0.2, 0) is 4.79 Å². The number of carbonyl (C=O) groups is 1. The zero-order valence-electron chi connectivity index (χ0n) is 6.42. The van der Waals surface area contributed by atoms with Gasteiger partial charge in [0, 0.05) is 5.92 Å². The minimum absolute atomic E-state index is 0.161. The highest BCUT2D eigenvalue weighted by Gasteiger charge is 2.27. The molecule has 62 valence electrons. The van der Waals surface area contributed by atoms with Crippen LogP contribution in [0.25, 0.3) is 0 Å². The van der Waals surface area contributed by atoms with Crippen LogP contribution < -0.4 is 0 Å². The quantitative estimate of drug-likeness (QED) is 0.441. The average molecular weight is 157 g/mol. The van der Waals surface area contributed by atoms with Crippen LogP contribution in [0.2, 0.25) is 0 Å². The molecule has 0 radical (unpaired) electrons. The third-order valence-electron chi connectivity index (χ3n) is 1.95. The Hall–Kier alpha value is -0.860. The number of hydrogen-bond donors (Lipinski definition) is 0. The molecular weight excluding hydrogens is 145 g/mol. The van der Waals surface area contributed by atoms with Gasteiger partial charge in [-0.05, 0) is 19.3 Å². The summed E-state index contributed by atoms with van der Waals surface area (Å²) in [7, 11) is 0. The van der Waals surface area contributed by atoms with E-state index in [1.54, 1.807) is 6.08 Å². The van der Waals surface area contributed by atoms with E-state index in [1.807, 2.05) is 0 Å². The Labute approximate surface area is 65.6 Å². The molecule has 1 heterocycles. The second-order valence-electron chi connectivity index (χ2n) is 2.79. The lowest BCUT2D eigenvalue weighted by Crippen LogP contribution is -2.35. The number of hydrogen-bond acceptors (Lipinski definition) is 1. The molecule has 1 amide bonds. The van der Waals surface area contributed by atoms with Gasteiger partial charge in [-0.2, -0.15) is 5.12 Å². The monoisotopic (exact) mass is 157 g/mol. The Morgan fingerprint density at radius 3 is 3.18 bits per heavy atom. The highest BCUT2D eigenvalue weighted by Crippen LogP contribution is 2.21. The molecule has 1 fully saturated rings. The van der Waals surface area contributed by atoms with E-state index < -0.39 is 0 Å². The number of allylic oxidation sites excluding steroid dienone is 1. The lowest BCUT2D eigenvalue weighted by molar-refractivity contribution is -0.155. The second kappa shape index (κ2) is 3.51. The van der Waals surface area contributed by atoms with Crippen LogP contribution in [-0.4, -0.2) is 17.6 Å². The molecule has 2 nitrogen and oxygen atoms in total. The number of amides is 1. The SMILES string of the molecule is C=CCC1CCCN(F)C1=O. The van der Waals surface area contributed by atoms with E-state index in [4.69, 9.17) is 0 Å². The number of carbonyl (C=O) groups excluding carboxylic acids is 1. The van der Waals surface area contributed by atoms with Crippen molar-refractivity contribution in [3.8, 4) is 0 Å². The molecule has 1 saturated heterocycles. The van der Waals surface area contributed by atoms with Crippen molar-refractivity contribution in [3.63, 3.8) is 0 Å². The molecule has 1 unspecified atom stereocenters. The molecule has 0 aromatic carbocycles.